The van der Waals surface area contributed by atoms with Gasteiger partial charge in [0.25, 0.3) is 0 Å². The van der Waals surface area contributed by atoms with E-state index in [2.05, 4.69) is 4.98 Å². The third-order valence-electron chi connectivity index (χ3n) is 2.92. The Morgan fingerprint density at radius 3 is 2.52 bits per heavy atom. The van der Waals surface area contributed by atoms with E-state index in [-0.39, 0.29) is 4.90 Å². The van der Waals surface area contributed by atoms with Gasteiger partial charge in [-0.2, -0.15) is 0 Å². The second kappa shape index (κ2) is 8.01. The lowest BCUT2D eigenvalue weighted by molar-refractivity contribution is 0.343. The number of pyridine rings is 1. The first-order valence-electron chi connectivity index (χ1n) is 6.80. The highest BCUT2D eigenvalue weighted by Gasteiger charge is 2.16. The third-order valence-corrected chi connectivity index (χ3v) is 6.13. The summed E-state index contributed by atoms with van der Waals surface area (Å²) in [6, 6.07) is 9.94. The average molecular weight is 373 g/mol. The van der Waals surface area contributed by atoms with Gasteiger partial charge >= 0.3 is 0 Å². The number of hydrogen-bond donors (Lipinski definition) is 0. The summed E-state index contributed by atoms with van der Waals surface area (Å²) in [4.78, 5) is 4.42. The number of nitrogens with zero attached hydrogens (tertiary/aromatic N) is 2. The van der Waals surface area contributed by atoms with Crippen LogP contribution in [0.25, 0.3) is 0 Å². The van der Waals surface area contributed by atoms with E-state index in [1.54, 1.807) is 30.5 Å². The number of rotatable bonds is 7. The summed E-state index contributed by atoms with van der Waals surface area (Å²) in [5.41, 5.74) is 0. The van der Waals surface area contributed by atoms with Crippen LogP contribution in [-0.2, 0) is 10.0 Å². The Bertz CT molecular complexity index is 750. The molecule has 0 atom stereocenters. The average Bonchev–Trinajstić information content (AvgIpc) is 2.53. The van der Waals surface area contributed by atoms with Crippen LogP contribution in [0.2, 0.25) is 5.02 Å². The molecule has 0 radical (unpaired) electrons. The van der Waals surface area contributed by atoms with E-state index in [0.717, 1.165) is 5.03 Å². The Labute approximate surface area is 145 Å². The van der Waals surface area contributed by atoms with Crippen LogP contribution in [0.5, 0.6) is 5.75 Å². The first-order chi connectivity index (χ1) is 10.9. The highest BCUT2D eigenvalue weighted by atomic mass is 35.5. The van der Waals surface area contributed by atoms with Gasteiger partial charge in [0, 0.05) is 26.0 Å². The maximum Gasteiger partial charge on any atom is 0.242 e. The largest absolute Gasteiger partial charge is 0.493 e. The summed E-state index contributed by atoms with van der Waals surface area (Å²) >= 11 is 7.53. The van der Waals surface area contributed by atoms with Crippen LogP contribution in [0.3, 0.4) is 0 Å². The lowest BCUT2D eigenvalue weighted by atomic mass is 10.3. The minimum Gasteiger partial charge on any atom is -0.493 e. The van der Waals surface area contributed by atoms with Gasteiger partial charge in [-0.25, -0.2) is 17.7 Å². The minimum atomic E-state index is -3.41. The van der Waals surface area contributed by atoms with E-state index in [0.29, 0.717) is 23.1 Å². The van der Waals surface area contributed by atoms with E-state index in [1.807, 2.05) is 0 Å². The quantitative estimate of drug-likeness (QED) is 0.552. The van der Waals surface area contributed by atoms with Crippen molar-refractivity contribution in [2.75, 3.05) is 26.5 Å². The lowest BCUT2D eigenvalue weighted by Gasteiger charge is -2.12. The molecule has 0 aliphatic heterocycles. The Balaban J connectivity index is 1.86. The van der Waals surface area contributed by atoms with Crippen molar-refractivity contribution >= 4 is 33.4 Å². The molecule has 0 fully saturated rings. The summed E-state index contributed by atoms with van der Waals surface area (Å²) < 4.78 is 30.7. The van der Waals surface area contributed by atoms with Gasteiger partial charge < -0.3 is 4.74 Å². The predicted molar refractivity (Wildman–Crippen MR) is 92.8 cm³/mol. The van der Waals surface area contributed by atoms with Crippen molar-refractivity contribution in [2.45, 2.75) is 9.92 Å². The molecule has 0 unspecified atom stereocenters. The molecule has 5 nitrogen and oxygen atoms in total. The molecule has 0 spiro atoms. The Morgan fingerprint density at radius 1 is 1.22 bits per heavy atom. The smallest absolute Gasteiger partial charge is 0.242 e. The molecular formula is C15H17ClN2O3S2. The number of halogens is 1. The molecule has 0 bridgehead atoms. The lowest BCUT2D eigenvalue weighted by Crippen LogP contribution is -2.22. The van der Waals surface area contributed by atoms with Crippen molar-refractivity contribution in [3.05, 3.63) is 47.6 Å². The number of thioether (sulfide) groups is 1. The number of hydrogen-bond acceptors (Lipinski definition) is 5. The molecular weight excluding hydrogens is 356 g/mol. The number of ether oxygens (including phenoxy) is 1. The van der Waals surface area contributed by atoms with E-state index in [9.17, 15) is 8.42 Å². The third kappa shape index (κ3) is 4.84. The Morgan fingerprint density at radius 2 is 1.91 bits per heavy atom. The van der Waals surface area contributed by atoms with Crippen molar-refractivity contribution in [1.29, 1.82) is 0 Å². The van der Waals surface area contributed by atoms with Crippen LogP contribution in [0.15, 0.2) is 52.5 Å². The zero-order valence-corrected chi connectivity index (χ0v) is 15.2. The Hall–Kier alpha value is -1.28. The Kier molecular flexibility index (Phi) is 6.29. The van der Waals surface area contributed by atoms with Gasteiger partial charge in [-0.15, -0.1) is 11.8 Å². The van der Waals surface area contributed by atoms with Crippen LogP contribution < -0.4 is 4.74 Å². The summed E-state index contributed by atoms with van der Waals surface area (Å²) in [6.07, 6.45) is 1.69. The molecule has 23 heavy (non-hydrogen) atoms. The molecule has 8 heteroatoms. The van der Waals surface area contributed by atoms with Gasteiger partial charge in [-0.1, -0.05) is 11.6 Å². The van der Waals surface area contributed by atoms with Crippen molar-refractivity contribution in [2.24, 2.45) is 0 Å². The first-order valence-corrected chi connectivity index (χ1v) is 9.60. The van der Waals surface area contributed by atoms with Gasteiger partial charge in [0.15, 0.2) is 0 Å². The molecule has 2 aromatic rings. The van der Waals surface area contributed by atoms with Crippen LogP contribution in [0.4, 0.5) is 0 Å². The molecule has 0 saturated carbocycles. The predicted octanol–water partition coefficient (Wildman–Crippen LogP) is 3.16. The summed E-state index contributed by atoms with van der Waals surface area (Å²) in [6.45, 7) is 0.470. The van der Waals surface area contributed by atoms with Gasteiger partial charge in [0.05, 0.1) is 16.5 Å². The van der Waals surface area contributed by atoms with Crippen LogP contribution in [-0.4, -0.2) is 44.2 Å². The van der Waals surface area contributed by atoms with Gasteiger partial charge in [0.2, 0.25) is 10.0 Å². The molecule has 1 aromatic heterocycles. The van der Waals surface area contributed by atoms with Crippen LogP contribution >= 0.6 is 23.4 Å². The normalized spacial score (nSPS) is 11.7. The fourth-order valence-corrected chi connectivity index (χ4v) is 3.58. The molecule has 1 heterocycles. The molecule has 0 amide bonds. The van der Waals surface area contributed by atoms with E-state index < -0.39 is 10.0 Å². The monoisotopic (exact) mass is 372 g/mol. The first kappa shape index (κ1) is 18.1. The highest BCUT2D eigenvalue weighted by molar-refractivity contribution is 7.99. The second-order valence-electron chi connectivity index (χ2n) is 4.75. The number of sulfonamides is 1. The van der Waals surface area contributed by atoms with Crippen LogP contribution in [0.1, 0.15) is 0 Å². The molecule has 0 aliphatic carbocycles. The molecule has 0 N–H and O–H groups in total. The van der Waals surface area contributed by atoms with E-state index in [4.69, 9.17) is 16.3 Å². The molecule has 2 rings (SSSR count). The van der Waals surface area contributed by atoms with Gasteiger partial charge in [-0.05, 0) is 36.4 Å². The van der Waals surface area contributed by atoms with E-state index >= 15 is 0 Å². The molecule has 124 valence electrons. The van der Waals surface area contributed by atoms with Crippen molar-refractivity contribution in [1.82, 2.24) is 9.29 Å². The molecule has 0 aliphatic rings. The number of aromatic nitrogens is 1. The molecule has 0 saturated heterocycles. The summed E-state index contributed by atoms with van der Waals surface area (Å²) in [5.74, 6) is 1.31. The maximum absolute atomic E-state index is 12.0. The van der Waals surface area contributed by atoms with Crippen molar-refractivity contribution in [3.63, 3.8) is 0 Å². The SMILES string of the molecule is CN(C)S(=O)(=O)c1ccc(OCCSc2ncccc2Cl)cc1. The van der Waals surface area contributed by atoms with E-state index in [1.165, 1.54) is 42.3 Å². The van der Waals surface area contributed by atoms with Crippen LogP contribution in [0, 0.1) is 0 Å². The number of benzene rings is 1. The van der Waals surface area contributed by atoms with Gasteiger partial charge in [0.1, 0.15) is 10.8 Å². The topological polar surface area (TPSA) is 59.5 Å². The standard InChI is InChI=1S/C15H17ClN2O3S2/c1-18(2)23(19,20)13-7-5-12(6-8-13)21-10-11-22-15-14(16)4-3-9-17-15/h3-9H,10-11H2,1-2H3. The summed E-state index contributed by atoms with van der Waals surface area (Å²) in [5, 5.41) is 1.39. The zero-order chi connectivity index (χ0) is 16.9. The minimum absolute atomic E-state index is 0.240. The zero-order valence-electron chi connectivity index (χ0n) is 12.8. The van der Waals surface area contributed by atoms with Gasteiger partial charge in [-0.3, -0.25) is 0 Å². The highest BCUT2D eigenvalue weighted by Crippen LogP contribution is 2.24. The fraction of sp³-hybridized carbons (Fsp3) is 0.267. The maximum atomic E-state index is 12.0. The second-order valence-corrected chi connectivity index (χ2v) is 8.39. The molecule has 1 aromatic carbocycles. The fourth-order valence-electron chi connectivity index (χ4n) is 1.69. The van der Waals surface area contributed by atoms with Crippen molar-refractivity contribution in [3.8, 4) is 5.75 Å². The van der Waals surface area contributed by atoms with Crippen molar-refractivity contribution < 1.29 is 13.2 Å². The summed E-state index contributed by atoms with van der Waals surface area (Å²) in [7, 11) is -0.409.